The van der Waals surface area contributed by atoms with Crippen molar-refractivity contribution in [1.82, 2.24) is 9.78 Å². The average molecular weight is 214 g/mol. The molecule has 0 aliphatic carbocycles. The number of aromatic nitrogens is 2. The van der Waals surface area contributed by atoms with Crippen LogP contribution in [0.2, 0.25) is 0 Å². The first-order valence-electron chi connectivity index (χ1n) is 5.23. The topological polar surface area (TPSA) is 34.9 Å². The molecule has 2 rings (SSSR count). The Morgan fingerprint density at radius 3 is 2.75 bits per heavy atom. The molecule has 2 aromatic rings. The van der Waals surface area contributed by atoms with Crippen LogP contribution in [-0.4, -0.2) is 15.6 Å². The van der Waals surface area contributed by atoms with Crippen LogP contribution in [0.3, 0.4) is 0 Å². The monoisotopic (exact) mass is 214 g/mol. The van der Waals surface area contributed by atoms with Gasteiger partial charge in [0, 0.05) is 19.7 Å². The average Bonchev–Trinajstić information content (AvgIpc) is 2.68. The Balaban J connectivity index is 2.17. The van der Waals surface area contributed by atoms with Crippen LogP contribution in [0.25, 0.3) is 0 Å². The van der Waals surface area contributed by atoms with E-state index >= 15 is 0 Å². The van der Waals surface area contributed by atoms with Gasteiger partial charge in [-0.3, -0.25) is 9.48 Å². The van der Waals surface area contributed by atoms with Crippen molar-refractivity contribution in [3.05, 3.63) is 53.3 Å². The molecule has 0 amide bonds. The maximum absolute atomic E-state index is 11.9. The predicted octanol–water partition coefficient (Wildman–Crippen LogP) is 2.15. The van der Waals surface area contributed by atoms with E-state index in [2.05, 4.69) is 5.10 Å². The van der Waals surface area contributed by atoms with Crippen LogP contribution in [0.15, 0.2) is 36.7 Å². The Morgan fingerprint density at radius 1 is 1.38 bits per heavy atom. The standard InChI is InChI=1S/C13H14N2O/c1-10-5-3-4-6-11(10)7-13(16)12-8-14-15(2)9-12/h3-6,8-9H,7H2,1-2H3. The zero-order valence-corrected chi connectivity index (χ0v) is 9.47. The minimum atomic E-state index is 0.113. The fraction of sp³-hybridized carbons (Fsp3) is 0.231. The van der Waals surface area contributed by atoms with E-state index in [1.54, 1.807) is 17.1 Å². The molecule has 0 fully saturated rings. The highest BCUT2D eigenvalue weighted by Crippen LogP contribution is 2.11. The van der Waals surface area contributed by atoms with Crippen LogP contribution < -0.4 is 0 Å². The fourth-order valence-electron chi connectivity index (χ4n) is 1.65. The maximum atomic E-state index is 11.9. The van der Waals surface area contributed by atoms with E-state index in [0.717, 1.165) is 11.1 Å². The number of carbonyl (C=O) groups is 1. The van der Waals surface area contributed by atoms with E-state index in [1.165, 1.54) is 0 Å². The van der Waals surface area contributed by atoms with Crippen LogP contribution in [0.5, 0.6) is 0 Å². The van der Waals surface area contributed by atoms with Crippen molar-refractivity contribution in [2.75, 3.05) is 0 Å². The van der Waals surface area contributed by atoms with Gasteiger partial charge in [0.1, 0.15) is 0 Å². The molecule has 3 heteroatoms. The van der Waals surface area contributed by atoms with E-state index in [-0.39, 0.29) is 5.78 Å². The summed E-state index contributed by atoms with van der Waals surface area (Å²) in [6, 6.07) is 7.95. The molecule has 1 aromatic carbocycles. The summed E-state index contributed by atoms with van der Waals surface area (Å²) in [4.78, 5) is 11.9. The van der Waals surface area contributed by atoms with E-state index in [9.17, 15) is 4.79 Å². The number of rotatable bonds is 3. The smallest absolute Gasteiger partial charge is 0.170 e. The quantitative estimate of drug-likeness (QED) is 0.734. The third kappa shape index (κ3) is 2.19. The number of hydrogen-bond acceptors (Lipinski definition) is 2. The second-order valence-electron chi connectivity index (χ2n) is 3.93. The molecule has 0 unspecified atom stereocenters. The van der Waals surface area contributed by atoms with Gasteiger partial charge in [0.25, 0.3) is 0 Å². The summed E-state index contributed by atoms with van der Waals surface area (Å²) in [7, 11) is 1.81. The Morgan fingerprint density at radius 2 is 2.12 bits per heavy atom. The van der Waals surface area contributed by atoms with Gasteiger partial charge in [0.2, 0.25) is 0 Å². The molecule has 0 N–H and O–H groups in total. The molecule has 82 valence electrons. The van der Waals surface area contributed by atoms with Crippen molar-refractivity contribution < 1.29 is 4.79 Å². The summed E-state index contributed by atoms with van der Waals surface area (Å²) in [5.41, 5.74) is 2.90. The number of benzene rings is 1. The van der Waals surface area contributed by atoms with Crippen LogP contribution in [0.1, 0.15) is 21.5 Å². The number of aryl methyl sites for hydroxylation is 2. The van der Waals surface area contributed by atoms with E-state index < -0.39 is 0 Å². The summed E-state index contributed by atoms with van der Waals surface area (Å²) in [5.74, 6) is 0.113. The Bertz CT molecular complexity index is 514. The largest absolute Gasteiger partial charge is 0.294 e. The van der Waals surface area contributed by atoms with Gasteiger partial charge in [-0.1, -0.05) is 24.3 Å². The molecule has 16 heavy (non-hydrogen) atoms. The molecule has 0 aliphatic heterocycles. The van der Waals surface area contributed by atoms with Crippen LogP contribution in [0.4, 0.5) is 0 Å². The molecule has 0 atom stereocenters. The number of Topliss-reactive ketones (excluding diaryl/α,β-unsaturated/α-hetero) is 1. The predicted molar refractivity (Wildman–Crippen MR) is 62.4 cm³/mol. The lowest BCUT2D eigenvalue weighted by atomic mass is 10.0. The first kappa shape index (κ1) is 10.6. The van der Waals surface area contributed by atoms with E-state index in [0.29, 0.717) is 12.0 Å². The minimum Gasteiger partial charge on any atom is -0.294 e. The normalized spacial score (nSPS) is 10.4. The van der Waals surface area contributed by atoms with Crippen LogP contribution in [-0.2, 0) is 13.5 Å². The third-order valence-electron chi connectivity index (χ3n) is 2.64. The molecule has 0 saturated carbocycles. The first-order valence-corrected chi connectivity index (χ1v) is 5.23. The highest BCUT2D eigenvalue weighted by Gasteiger charge is 2.09. The van der Waals surface area contributed by atoms with Gasteiger partial charge in [0.05, 0.1) is 11.8 Å². The van der Waals surface area contributed by atoms with Crippen molar-refractivity contribution in [1.29, 1.82) is 0 Å². The number of nitrogens with zero attached hydrogens (tertiary/aromatic N) is 2. The summed E-state index contributed by atoms with van der Waals surface area (Å²) >= 11 is 0. The third-order valence-corrected chi connectivity index (χ3v) is 2.64. The SMILES string of the molecule is Cc1ccccc1CC(=O)c1cnn(C)c1. The molecule has 0 saturated heterocycles. The number of hydrogen-bond donors (Lipinski definition) is 0. The van der Waals surface area contributed by atoms with Gasteiger partial charge < -0.3 is 0 Å². The molecule has 3 nitrogen and oxygen atoms in total. The molecule has 0 radical (unpaired) electrons. The zero-order chi connectivity index (χ0) is 11.5. The van der Waals surface area contributed by atoms with Crippen molar-refractivity contribution in [3.63, 3.8) is 0 Å². The van der Waals surface area contributed by atoms with Gasteiger partial charge >= 0.3 is 0 Å². The summed E-state index contributed by atoms with van der Waals surface area (Å²) in [5, 5.41) is 4.00. The minimum absolute atomic E-state index is 0.113. The van der Waals surface area contributed by atoms with Crippen LogP contribution >= 0.6 is 0 Å². The summed E-state index contributed by atoms with van der Waals surface area (Å²) in [6.07, 6.45) is 3.81. The number of ketones is 1. The van der Waals surface area contributed by atoms with Gasteiger partial charge in [-0.15, -0.1) is 0 Å². The van der Waals surface area contributed by atoms with Crippen LogP contribution in [0, 0.1) is 6.92 Å². The van der Waals surface area contributed by atoms with Crippen molar-refractivity contribution in [2.24, 2.45) is 7.05 Å². The second-order valence-corrected chi connectivity index (χ2v) is 3.93. The molecule has 0 aliphatic rings. The van der Waals surface area contributed by atoms with Crippen molar-refractivity contribution >= 4 is 5.78 Å². The lowest BCUT2D eigenvalue weighted by Crippen LogP contribution is -2.03. The van der Waals surface area contributed by atoms with Gasteiger partial charge in [0.15, 0.2) is 5.78 Å². The van der Waals surface area contributed by atoms with Crippen molar-refractivity contribution in [2.45, 2.75) is 13.3 Å². The van der Waals surface area contributed by atoms with E-state index in [4.69, 9.17) is 0 Å². The first-order chi connectivity index (χ1) is 7.66. The molecular formula is C13H14N2O. The van der Waals surface area contributed by atoms with E-state index in [1.807, 2.05) is 38.2 Å². The Labute approximate surface area is 94.7 Å². The molecular weight excluding hydrogens is 200 g/mol. The van der Waals surface area contributed by atoms with Gasteiger partial charge in [-0.2, -0.15) is 5.10 Å². The molecule has 1 aromatic heterocycles. The maximum Gasteiger partial charge on any atom is 0.170 e. The Kier molecular flexibility index (Phi) is 2.86. The molecule has 0 spiro atoms. The van der Waals surface area contributed by atoms with Gasteiger partial charge in [-0.25, -0.2) is 0 Å². The summed E-state index contributed by atoms with van der Waals surface area (Å²) < 4.78 is 1.64. The lowest BCUT2D eigenvalue weighted by molar-refractivity contribution is 0.0992. The molecule has 0 bridgehead atoms. The highest BCUT2D eigenvalue weighted by atomic mass is 16.1. The lowest BCUT2D eigenvalue weighted by Gasteiger charge is -2.02. The highest BCUT2D eigenvalue weighted by molar-refractivity contribution is 5.97. The molecule has 1 heterocycles. The second kappa shape index (κ2) is 4.31. The number of carbonyl (C=O) groups excluding carboxylic acids is 1. The van der Waals surface area contributed by atoms with Gasteiger partial charge in [-0.05, 0) is 18.1 Å². The van der Waals surface area contributed by atoms with Crippen molar-refractivity contribution in [3.8, 4) is 0 Å². The zero-order valence-electron chi connectivity index (χ0n) is 9.47. The fourth-order valence-corrected chi connectivity index (χ4v) is 1.65. The summed E-state index contributed by atoms with van der Waals surface area (Å²) in [6.45, 7) is 2.02. The Hall–Kier alpha value is -1.90.